The van der Waals surface area contributed by atoms with E-state index in [1.807, 2.05) is 30.3 Å². The lowest BCUT2D eigenvalue weighted by Gasteiger charge is -2.22. The van der Waals surface area contributed by atoms with Crippen LogP contribution in [0.15, 0.2) is 53.2 Å². The van der Waals surface area contributed by atoms with Gasteiger partial charge in [-0.05, 0) is 25.0 Å². The van der Waals surface area contributed by atoms with Crippen molar-refractivity contribution in [2.75, 3.05) is 18.9 Å². The molecule has 3 heterocycles. The van der Waals surface area contributed by atoms with Crippen molar-refractivity contribution >= 4 is 11.7 Å². The number of likely N-dealkylation sites (tertiary alicyclic amines) is 1. The number of hydrogen-bond acceptors (Lipinski definition) is 6. The highest BCUT2D eigenvalue weighted by Gasteiger charge is 2.34. The highest BCUT2D eigenvalue weighted by molar-refractivity contribution is 5.95. The van der Waals surface area contributed by atoms with Gasteiger partial charge in [0.1, 0.15) is 11.9 Å². The van der Waals surface area contributed by atoms with Crippen molar-refractivity contribution in [3.8, 4) is 11.4 Å². The van der Waals surface area contributed by atoms with E-state index in [2.05, 4.69) is 20.4 Å². The molecule has 7 nitrogen and oxygen atoms in total. The van der Waals surface area contributed by atoms with E-state index in [1.165, 1.54) is 0 Å². The Bertz CT molecular complexity index is 909. The van der Waals surface area contributed by atoms with E-state index in [0.29, 0.717) is 29.6 Å². The second-order valence-electron chi connectivity index (χ2n) is 6.16. The van der Waals surface area contributed by atoms with Gasteiger partial charge in [0.2, 0.25) is 11.7 Å². The molecule has 7 heteroatoms. The van der Waals surface area contributed by atoms with Crippen LogP contribution in [0.5, 0.6) is 0 Å². The smallest absolute Gasteiger partial charge is 0.254 e. The minimum atomic E-state index is -0.196. The van der Waals surface area contributed by atoms with E-state index in [-0.39, 0.29) is 11.9 Å². The molecule has 0 spiro atoms. The molecule has 1 amide bonds. The lowest BCUT2D eigenvalue weighted by Crippen LogP contribution is -2.30. The Kier molecular flexibility index (Phi) is 4.35. The van der Waals surface area contributed by atoms with E-state index >= 15 is 0 Å². The Morgan fingerprint density at radius 3 is 2.92 bits per heavy atom. The highest BCUT2D eigenvalue weighted by atomic mass is 16.5. The quantitative estimate of drug-likeness (QED) is 0.779. The molecule has 132 valence electrons. The molecule has 0 saturated carbocycles. The van der Waals surface area contributed by atoms with Crippen molar-refractivity contribution < 1.29 is 9.32 Å². The number of anilines is 1. The van der Waals surface area contributed by atoms with Crippen molar-refractivity contribution in [3.05, 3.63) is 60.1 Å². The molecular formula is C19H19N5O2. The number of aromatic nitrogens is 3. The first-order valence-electron chi connectivity index (χ1n) is 8.60. The van der Waals surface area contributed by atoms with E-state index in [9.17, 15) is 4.79 Å². The molecule has 1 saturated heterocycles. The number of rotatable bonds is 4. The summed E-state index contributed by atoms with van der Waals surface area (Å²) in [5.41, 5.74) is 1.49. The maximum absolute atomic E-state index is 13.0. The Labute approximate surface area is 151 Å². The number of carbonyl (C=O) groups is 1. The molecule has 0 aliphatic carbocycles. The zero-order valence-corrected chi connectivity index (χ0v) is 14.4. The summed E-state index contributed by atoms with van der Waals surface area (Å²) in [6.45, 7) is 0.670. The van der Waals surface area contributed by atoms with E-state index in [4.69, 9.17) is 4.52 Å². The molecule has 2 aromatic heterocycles. The highest BCUT2D eigenvalue weighted by Crippen LogP contribution is 2.33. The zero-order chi connectivity index (χ0) is 17.9. The molecule has 0 unspecified atom stereocenters. The first-order chi connectivity index (χ1) is 12.8. The van der Waals surface area contributed by atoms with Gasteiger partial charge in [-0.1, -0.05) is 35.5 Å². The first-order valence-corrected chi connectivity index (χ1v) is 8.60. The molecule has 1 N–H and O–H groups in total. The summed E-state index contributed by atoms with van der Waals surface area (Å²) in [6.07, 6.45) is 3.35. The van der Waals surface area contributed by atoms with Crippen LogP contribution in [-0.2, 0) is 0 Å². The van der Waals surface area contributed by atoms with E-state index < -0.39 is 0 Å². The van der Waals surface area contributed by atoms with E-state index in [1.54, 1.807) is 30.3 Å². The van der Waals surface area contributed by atoms with Crippen LogP contribution in [0.4, 0.5) is 5.82 Å². The lowest BCUT2D eigenvalue weighted by molar-refractivity contribution is 0.0710. The van der Waals surface area contributed by atoms with Crippen LogP contribution in [0.1, 0.15) is 35.1 Å². The predicted molar refractivity (Wildman–Crippen MR) is 96.5 cm³/mol. The second-order valence-corrected chi connectivity index (χ2v) is 6.16. The first kappa shape index (κ1) is 16.3. The monoisotopic (exact) mass is 349 g/mol. The van der Waals surface area contributed by atoms with Gasteiger partial charge in [0.25, 0.3) is 5.91 Å². The third kappa shape index (κ3) is 3.03. The largest absolute Gasteiger partial charge is 0.373 e. The fraction of sp³-hybridized carbons (Fsp3) is 0.263. The molecular weight excluding hydrogens is 330 g/mol. The number of amides is 1. The predicted octanol–water partition coefficient (Wildman–Crippen LogP) is 3.15. The number of nitrogens with one attached hydrogen (secondary N) is 1. The van der Waals surface area contributed by atoms with Crippen LogP contribution in [0.3, 0.4) is 0 Å². The molecule has 26 heavy (non-hydrogen) atoms. The average Bonchev–Trinajstić information content (AvgIpc) is 3.37. The van der Waals surface area contributed by atoms with Crippen molar-refractivity contribution in [2.24, 2.45) is 0 Å². The van der Waals surface area contributed by atoms with Crippen LogP contribution in [0, 0.1) is 0 Å². The van der Waals surface area contributed by atoms with Gasteiger partial charge < -0.3 is 14.7 Å². The molecule has 1 atom stereocenters. The molecule has 1 fully saturated rings. The maximum Gasteiger partial charge on any atom is 0.254 e. The molecule has 1 aliphatic heterocycles. The zero-order valence-electron chi connectivity index (χ0n) is 14.4. The average molecular weight is 349 g/mol. The van der Waals surface area contributed by atoms with E-state index in [0.717, 1.165) is 18.4 Å². The topological polar surface area (TPSA) is 84.2 Å². The molecule has 4 rings (SSSR count). The molecule has 0 bridgehead atoms. The Morgan fingerprint density at radius 2 is 2.12 bits per heavy atom. The van der Waals surface area contributed by atoms with Gasteiger partial charge in [0.15, 0.2) is 0 Å². The molecule has 0 radical (unpaired) electrons. The summed E-state index contributed by atoms with van der Waals surface area (Å²) < 4.78 is 5.48. The molecule has 1 aliphatic rings. The standard InChI is InChI=1S/C19H19N5O2/c1-20-16-12-14(9-10-21-16)19(25)24-11-5-8-15(24)18-22-17(23-26-18)13-6-3-2-4-7-13/h2-4,6-7,9-10,12,15H,5,8,11H2,1H3,(H,20,21)/t15-/m1/s1. The molecule has 1 aromatic carbocycles. The van der Waals surface area contributed by atoms with Crippen molar-refractivity contribution in [1.29, 1.82) is 0 Å². The van der Waals surface area contributed by atoms with Crippen LogP contribution in [0.2, 0.25) is 0 Å². The summed E-state index contributed by atoms with van der Waals surface area (Å²) >= 11 is 0. The number of pyridine rings is 1. The van der Waals surface area contributed by atoms with Crippen molar-refractivity contribution in [1.82, 2.24) is 20.0 Å². The summed E-state index contributed by atoms with van der Waals surface area (Å²) in [4.78, 5) is 23.4. The number of hydrogen-bond donors (Lipinski definition) is 1. The van der Waals surface area contributed by atoms with Gasteiger partial charge in [0.05, 0.1) is 0 Å². The summed E-state index contributed by atoms with van der Waals surface area (Å²) in [7, 11) is 1.78. The van der Waals surface area contributed by atoms with Gasteiger partial charge in [-0.3, -0.25) is 4.79 Å². The van der Waals surface area contributed by atoms with Gasteiger partial charge in [-0.25, -0.2) is 4.98 Å². The second kappa shape index (κ2) is 6.95. The normalized spacial score (nSPS) is 16.7. The minimum Gasteiger partial charge on any atom is -0.373 e. The third-order valence-corrected chi connectivity index (χ3v) is 4.54. The van der Waals surface area contributed by atoms with Crippen LogP contribution in [-0.4, -0.2) is 39.5 Å². The van der Waals surface area contributed by atoms with Crippen molar-refractivity contribution in [3.63, 3.8) is 0 Å². The fourth-order valence-electron chi connectivity index (χ4n) is 3.21. The van der Waals surface area contributed by atoms with Crippen LogP contribution in [0.25, 0.3) is 11.4 Å². The van der Waals surface area contributed by atoms with Gasteiger partial charge >= 0.3 is 0 Å². The lowest BCUT2D eigenvalue weighted by atomic mass is 10.2. The maximum atomic E-state index is 13.0. The molecule has 3 aromatic rings. The van der Waals surface area contributed by atoms with Crippen LogP contribution >= 0.6 is 0 Å². The summed E-state index contributed by atoms with van der Waals surface area (Å²) in [5.74, 6) is 1.64. The summed E-state index contributed by atoms with van der Waals surface area (Å²) in [6, 6.07) is 12.9. The number of benzene rings is 1. The van der Waals surface area contributed by atoms with Gasteiger partial charge in [-0.15, -0.1) is 0 Å². The Morgan fingerprint density at radius 1 is 1.27 bits per heavy atom. The fourth-order valence-corrected chi connectivity index (χ4v) is 3.21. The Balaban J connectivity index is 1.59. The minimum absolute atomic E-state index is 0.0501. The number of carbonyl (C=O) groups excluding carboxylic acids is 1. The van der Waals surface area contributed by atoms with Crippen LogP contribution < -0.4 is 5.32 Å². The third-order valence-electron chi connectivity index (χ3n) is 4.54. The van der Waals surface area contributed by atoms with Crippen molar-refractivity contribution in [2.45, 2.75) is 18.9 Å². The van der Waals surface area contributed by atoms with Gasteiger partial charge in [0, 0.05) is 30.9 Å². The SMILES string of the molecule is CNc1cc(C(=O)N2CCC[C@@H]2c2nc(-c3ccccc3)no2)ccn1. The van der Waals surface area contributed by atoms with Gasteiger partial charge in [-0.2, -0.15) is 4.98 Å². The number of nitrogens with zero attached hydrogens (tertiary/aromatic N) is 4. The summed E-state index contributed by atoms with van der Waals surface area (Å²) in [5, 5.41) is 7.04. The Hall–Kier alpha value is -3.22.